The standard InChI is InChI=1S/C12H22N4O4/c1-9(2)16(7-10(13)17)12(20)15-5-3-14(4-6-15)8-11(18)19/h9H,3-8H2,1-2H3,(H2,13,17)(H,18,19). The molecule has 1 rings (SSSR count). The highest BCUT2D eigenvalue weighted by atomic mass is 16.4. The lowest BCUT2D eigenvalue weighted by Gasteiger charge is -2.37. The van der Waals surface area contributed by atoms with Crippen LogP contribution < -0.4 is 5.73 Å². The zero-order valence-corrected chi connectivity index (χ0v) is 11.9. The van der Waals surface area contributed by atoms with Crippen molar-refractivity contribution in [3.05, 3.63) is 0 Å². The van der Waals surface area contributed by atoms with Crippen molar-refractivity contribution >= 4 is 17.9 Å². The molecule has 3 N–H and O–H groups in total. The molecule has 0 bridgehead atoms. The van der Waals surface area contributed by atoms with Gasteiger partial charge in [0.1, 0.15) is 6.54 Å². The summed E-state index contributed by atoms with van der Waals surface area (Å²) < 4.78 is 0. The first-order valence-corrected chi connectivity index (χ1v) is 6.59. The molecular formula is C12H22N4O4. The monoisotopic (exact) mass is 286 g/mol. The number of piperazine rings is 1. The molecule has 0 spiro atoms. The molecule has 0 saturated carbocycles. The Morgan fingerprint density at radius 3 is 2.15 bits per heavy atom. The normalized spacial score (nSPS) is 16.2. The van der Waals surface area contributed by atoms with Crippen LogP contribution >= 0.6 is 0 Å². The largest absolute Gasteiger partial charge is 0.480 e. The third-order valence-corrected chi connectivity index (χ3v) is 3.20. The lowest BCUT2D eigenvalue weighted by molar-refractivity contribution is -0.138. The van der Waals surface area contributed by atoms with Crippen LogP contribution in [0.3, 0.4) is 0 Å². The van der Waals surface area contributed by atoms with Crippen molar-refractivity contribution < 1.29 is 19.5 Å². The molecule has 1 saturated heterocycles. The topological polar surface area (TPSA) is 107 Å². The van der Waals surface area contributed by atoms with Crippen LogP contribution in [0.5, 0.6) is 0 Å². The highest BCUT2D eigenvalue weighted by Crippen LogP contribution is 2.08. The van der Waals surface area contributed by atoms with Crippen molar-refractivity contribution in [2.75, 3.05) is 39.3 Å². The van der Waals surface area contributed by atoms with Gasteiger partial charge in [0.05, 0.1) is 6.54 Å². The van der Waals surface area contributed by atoms with E-state index in [0.29, 0.717) is 26.2 Å². The molecule has 1 fully saturated rings. The molecule has 0 aromatic heterocycles. The summed E-state index contributed by atoms with van der Waals surface area (Å²) in [6.45, 7) is 5.45. The second-order valence-electron chi connectivity index (χ2n) is 5.13. The molecule has 8 heteroatoms. The molecule has 1 aliphatic rings. The molecule has 0 aromatic rings. The van der Waals surface area contributed by atoms with Gasteiger partial charge < -0.3 is 20.6 Å². The van der Waals surface area contributed by atoms with E-state index >= 15 is 0 Å². The predicted molar refractivity (Wildman–Crippen MR) is 72.1 cm³/mol. The number of hydrogen-bond donors (Lipinski definition) is 2. The molecule has 3 amide bonds. The fourth-order valence-corrected chi connectivity index (χ4v) is 2.11. The third kappa shape index (κ3) is 4.69. The number of carboxylic acid groups (broad SMARTS) is 1. The van der Waals surface area contributed by atoms with Crippen LogP contribution in [0.15, 0.2) is 0 Å². The van der Waals surface area contributed by atoms with Crippen LogP contribution in [-0.2, 0) is 9.59 Å². The zero-order chi connectivity index (χ0) is 15.3. The van der Waals surface area contributed by atoms with Crippen molar-refractivity contribution in [1.29, 1.82) is 0 Å². The summed E-state index contributed by atoms with van der Waals surface area (Å²) in [5.74, 6) is -1.42. The van der Waals surface area contributed by atoms with Gasteiger partial charge in [-0.05, 0) is 13.8 Å². The lowest BCUT2D eigenvalue weighted by atomic mass is 10.3. The number of nitrogens with zero attached hydrogens (tertiary/aromatic N) is 3. The molecular weight excluding hydrogens is 264 g/mol. The van der Waals surface area contributed by atoms with E-state index in [0.717, 1.165) is 0 Å². The summed E-state index contributed by atoms with van der Waals surface area (Å²) in [6, 6.07) is -0.346. The van der Waals surface area contributed by atoms with Gasteiger partial charge in [-0.25, -0.2) is 4.79 Å². The van der Waals surface area contributed by atoms with Crippen molar-refractivity contribution in [2.24, 2.45) is 5.73 Å². The summed E-state index contributed by atoms with van der Waals surface area (Å²) in [6.07, 6.45) is 0. The number of carbonyl (C=O) groups excluding carboxylic acids is 2. The Labute approximate surface area is 118 Å². The first-order chi connectivity index (χ1) is 9.31. The van der Waals surface area contributed by atoms with Gasteiger partial charge in [-0.15, -0.1) is 0 Å². The molecule has 0 unspecified atom stereocenters. The minimum Gasteiger partial charge on any atom is -0.480 e. The van der Waals surface area contributed by atoms with E-state index in [1.165, 1.54) is 4.90 Å². The van der Waals surface area contributed by atoms with Crippen LogP contribution in [0.25, 0.3) is 0 Å². The number of hydrogen-bond acceptors (Lipinski definition) is 4. The van der Waals surface area contributed by atoms with Crippen molar-refractivity contribution in [3.63, 3.8) is 0 Å². The minimum absolute atomic E-state index is 0.0167. The summed E-state index contributed by atoms with van der Waals surface area (Å²) >= 11 is 0. The Hall–Kier alpha value is -1.83. The van der Waals surface area contributed by atoms with E-state index in [9.17, 15) is 14.4 Å². The number of nitrogens with two attached hydrogens (primary N) is 1. The van der Waals surface area contributed by atoms with Gasteiger partial charge in [-0.1, -0.05) is 0 Å². The lowest BCUT2D eigenvalue weighted by Crippen LogP contribution is -2.56. The average Bonchev–Trinajstić information content (AvgIpc) is 2.35. The third-order valence-electron chi connectivity index (χ3n) is 3.20. The maximum atomic E-state index is 12.3. The number of rotatable bonds is 5. The van der Waals surface area contributed by atoms with Gasteiger partial charge in [0.25, 0.3) is 0 Å². The minimum atomic E-state index is -0.873. The summed E-state index contributed by atoms with van der Waals surface area (Å²) in [7, 11) is 0. The Morgan fingerprint density at radius 2 is 1.75 bits per heavy atom. The van der Waals surface area contributed by atoms with Crippen molar-refractivity contribution in [3.8, 4) is 0 Å². The van der Waals surface area contributed by atoms with E-state index < -0.39 is 11.9 Å². The van der Waals surface area contributed by atoms with Crippen LogP contribution in [0.2, 0.25) is 0 Å². The van der Waals surface area contributed by atoms with Crippen LogP contribution in [0.4, 0.5) is 4.79 Å². The summed E-state index contributed by atoms with van der Waals surface area (Å²) in [4.78, 5) is 38.8. The fourth-order valence-electron chi connectivity index (χ4n) is 2.11. The molecule has 1 aliphatic heterocycles. The Bertz CT molecular complexity index is 378. The van der Waals surface area contributed by atoms with E-state index in [-0.39, 0.29) is 25.2 Å². The highest BCUT2D eigenvalue weighted by molar-refractivity contribution is 5.83. The Balaban J connectivity index is 2.55. The zero-order valence-electron chi connectivity index (χ0n) is 11.9. The van der Waals surface area contributed by atoms with Gasteiger partial charge in [0.15, 0.2) is 0 Å². The van der Waals surface area contributed by atoms with Crippen molar-refractivity contribution in [1.82, 2.24) is 14.7 Å². The van der Waals surface area contributed by atoms with E-state index in [1.54, 1.807) is 9.80 Å². The van der Waals surface area contributed by atoms with Gasteiger partial charge in [-0.2, -0.15) is 0 Å². The van der Waals surface area contributed by atoms with E-state index in [1.807, 2.05) is 13.8 Å². The van der Waals surface area contributed by atoms with Crippen molar-refractivity contribution in [2.45, 2.75) is 19.9 Å². The number of amides is 3. The Morgan fingerprint density at radius 1 is 1.20 bits per heavy atom. The number of urea groups is 1. The molecule has 0 radical (unpaired) electrons. The van der Waals surface area contributed by atoms with Gasteiger partial charge in [0.2, 0.25) is 5.91 Å². The first kappa shape index (κ1) is 16.2. The highest BCUT2D eigenvalue weighted by Gasteiger charge is 2.27. The number of carboxylic acids is 1. The smallest absolute Gasteiger partial charge is 0.320 e. The maximum Gasteiger partial charge on any atom is 0.320 e. The molecule has 0 aromatic carbocycles. The molecule has 114 valence electrons. The van der Waals surface area contributed by atoms with E-state index in [4.69, 9.17) is 10.8 Å². The second-order valence-corrected chi connectivity index (χ2v) is 5.13. The number of carbonyl (C=O) groups is 3. The fraction of sp³-hybridized carbons (Fsp3) is 0.750. The molecule has 0 atom stereocenters. The molecule has 20 heavy (non-hydrogen) atoms. The van der Waals surface area contributed by atoms with Crippen LogP contribution in [0.1, 0.15) is 13.8 Å². The Kier molecular flexibility index (Phi) is 5.75. The quantitative estimate of drug-likeness (QED) is 0.674. The number of primary amides is 1. The van der Waals surface area contributed by atoms with Gasteiger partial charge in [-0.3, -0.25) is 14.5 Å². The molecule has 0 aliphatic carbocycles. The van der Waals surface area contributed by atoms with Crippen LogP contribution in [-0.4, -0.2) is 83.0 Å². The summed E-state index contributed by atoms with van der Waals surface area (Å²) in [5.41, 5.74) is 5.15. The molecule has 1 heterocycles. The van der Waals surface area contributed by atoms with E-state index in [2.05, 4.69) is 0 Å². The average molecular weight is 286 g/mol. The maximum absolute atomic E-state index is 12.3. The van der Waals surface area contributed by atoms with Crippen LogP contribution in [0, 0.1) is 0 Å². The molecule has 8 nitrogen and oxygen atoms in total. The SMILES string of the molecule is CC(C)N(CC(N)=O)C(=O)N1CCN(CC(=O)O)CC1. The predicted octanol–water partition coefficient (Wildman–Crippen LogP) is -0.996. The summed E-state index contributed by atoms with van der Waals surface area (Å²) in [5, 5.41) is 8.72. The van der Waals surface area contributed by atoms with Gasteiger partial charge >= 0.3 is 12.0 Å². The second kappa shape index (κ2) is 7.09. The van der Waals surface area contributed by atoms with Gasteiger partial charge in [0, 0.05) is 32.2 Å². The number of aliphatic carboxylic acids is 1. The first-order valence-electron chi connectivity index (χ1n) is 6.59.